The standard InChI is InChI=1S/C21H17N3O4/c25-12-14-10-11-17(28-14)20(26)24-19-21(27)22-16-9-5-4-8-15(16)18(23-19)13-6-2-1-3-7-13/h1-11,19,25H,12H2,(H,22,27)(H,24,26)/t19-/m1/s1. The van der Waals surface area contributed by atoms with Crippen LogP contribution >= 0.6 is 0 Å². The van der Waals surface area contributed by atoms with Crippen LogP contribution in [0.2, 0.25) is 0 Å². The van der Waals surface area contributed by atoms with Crippen molar-refractivity contribution in [2.45, 2.75) is 12.8 Å². The molecule has 2 aromatic carbocycles. The molecule has 4 rings (SSSR count). The predicted molar refractivity (Wildman–Crippen MR) is 103 cm³/mol. The fourth-order valence-electron chi connectivity index (χ4n) is 2.96. The van der Waals surface area contributed by atoms with Crippen molar-refractivity contribution in [2.24, 2.45) is 4.99 Å². The zero-order valence-electron chi connectivity index (χ0n) is 14.8. The molecule has 7 nitrogen and oxygen atoms in total. The van der Waals surface area contributed by atoms with Crippen molar-refractivity contribution in [2.75, 3.05) is 5.32 Å². The fourth-order valence-corrected chi connectivity index (χ4v) is 2.96. The molecule has 7 heteroatoms. The van der Waals surface area contributed by atoms with Crippen LogP contribution in [0, 0.1) is 0 Å². The molecule has 140 valence electrons. The monoisotopic (exact) mass is 375 g/mol. The van der Waals surface area contributed by atoms with E-state index in [2.05, 4.69) is 15.6 Å². The van der Waals surface area contributed by atoms with E-state index in [1.807, 2.05) is 48.5 Å². The molecule has 0 aliphatic carbocycles. The molecule has 0 bridgehead atoms. The lowest BCUT2D eigenvalue weighted by Gasteiger charge is -2.12. The van der Waals surface area contributed by atoms with Crippen molar-refractivity contribution in [1.29, 1.82) is 0 Å². The quantitative estimate of drug-likeness (QED) is 0.651. The third kappa shape index (κ3) is 3.43. The van der Waals surface area contributed by atoms with Gasteiger partial charge in [0.1, 0.15) is 12.4 Å². The van der Waals surface area contributed by atoms with E-state index < -0.39 is 18.0 Å². The molecule has 0 unspecified atom stereocenters. The largest absolute Gasteiger partial charge is 0.453 e. The van der Waals surface area contributed by atoms with E-state index in [1.54, 1.807) is 6.07 Å². The first-order chi connectivity index (χ1) is 13.7. The van der Waals surface area contributed by atoms with Crippen LogP contribution in [0.15, 0.2) is 76.1 Å². The van der Waals surface area contributed by atoms with Crippen molar-refractivity contribution < 1.29 is 19.1 Å². The Morgan fingerprint density at radius 3 is 2.57 bits per heavy atom. The number of para-hydroxylation sites is 1. The average molecular weight is 375 g/mol. The summed E-state index contributed by atoms with van der Waals surface area (Å²) in [6.45, 7) is -0.317. The number of hydrogen-bond acceptors (Lipinski definition) is 5. The predicted octanol–water partition coefficient (Wildman–Crippen LogP) is 2.32. The van der Waals surface area contributed by atoms with Gasteiger partial charge in [-0.2, -0.15) is 0 Å². The number of amides is 2. The smallest absolute Gasteiger partial charge is 0.289 e. The Labute approximate surface area is 160 Å². The zero-order valence-corrected chi connectivity index (χ0v) is 14.8. The highest BCUT2D eigenvalue weighted by Gasteiger charge is 2.28. The van der Waals surface area contributed by atoms with Gasteiger partial charge in [-0.1, -0.05) is 48.5 Å². The molecule has 3 N–H and O–H groups in total. The van der Waals surface area contributed by atoms with Crippen molar-refractivity contribution >= 4 is 23.2 Å². The number of benzodiazepines with no additional fused rings is 1. The maximum Gasteiger partial charge on any atom is 0.289 e. The van der Waals surface area contributed by atoms with Gasteiger partial charge in [-0.15, -0.1) is 0 Å². The van der Waals surface area contributed by atoms with Gasteiger partial charge in [-0.25, -0.2) is 4.99 Å². The van der Waals surface area contributed by atoms with E-state index in [0.29, 0.717) is 11.4 Å². The Hall–Kier alpha value is -3.71. The molecule has 0 saturated carbocycles. The summed E-state index contributed by atoms with van der Waals surface area (Å²) in [5.41, 5.74) is 2.80. The number of aliphatic hydroxyl groups is 1. The van der Waals surface area contributed by atoms with Gasteiger partial charge in [0.05, 0.1) is 11.4 Å². The summed E-state index contributed by atoms with van der Waals surface area (Å²) in [5, 5.41) is 14.5. The summed E-state index contributed by atoms with van der Waals surface area (Å²) in [4.78, 5) is 29.7. The number of nitrogens with zero attached hydrogens (tertiary/aromatic N) is 1. The van der Waals surface area contributed by atoms with E-state index in [1.165, 1.54) is 12.1 Å². The Morgan fingerprint density at radius 1 is 1.07 bits per heavy atom. The van der Waals surface area contributed by atoms with E-state index in [-0.39, 0.29) is 18.1 Å². The minimum Gasteiger partial charge on any atom is -0.453 e. The minimum atomic E-state index is -1.14. The Kier molecular flexibility index (Phi) is 4.74. The van der Waals surface area contributed by atoms with Gasteiger partial charge in [0, 0.05) is 11.1 Å². The molecule has 1 atom stereocenters. The molecule has 2 heterocycles. The van der Waals surface area contributed by atoms with Crippen molar-refractivity contribution in [1.82, 2.24) is 5.32 Å². The van der Waals surface area contributed by atoms with E-state index >= 15 is 0 Å². The van der Waals surface area contributed by atoms with Crippen molar-refractivity contribution in [3.8, 4) is 0 Å². The molecule has 28 heavy (non-hydrogen) atoms. The van der Waals surface area contributed by atoms with Crippen LogP contribution < -0.4 is 10.6 Å². The first-order valence-corrected chi connectivity index (χ1v) is 8.69. The van der Waals surface area contributed by atoms with Crippen molar-refractivity contribution in [3.05, 3.63) is 89.4 Å². The second-order valence-electron chi connectivity index (χ2n) is 6.18. The highest BCUT2D eigenvalue weighted by molar-refractivity contribution is 6.19. The molecule has 0 saturated heterocycles. The molecule has 1 aliphatic heterocycles. The number of aliphatic imine (C=N–C) groups is 1. The van der Waals surface area contributed by atoms with E-state index in [4.69, 9.17) is 9.52 Å². The molecule has 1 aromatic heterocycles. The topological polar surface area (TPSA) is 104 Å². The van der Waals surface area contributed by atoms with Crippen LogP contribution in [0.4, 0.5) is 5.69 Å². The third-order valence-electron chi connectivity index (χ3n) is 4.30. The molecule has 3 aromatic rings. The number of aliphatic hydroxyl groups excluding tert-OH is 1. The number of hydrogen-bond donors (Lipinski definition) is 3. The first-order valence-electron chi connectivity index (χ1n) is 8.69. The highest BCUT2D eigenvalue weighted by Crippen LogP contribution is 2.23. The minimum absolute atomic E-state index is 0.00456. The molecule has 2 amide bonds. The lowest BCUT2D eigenvalue weighted by atomic mass is 10.0. The maximum absolute atomic E-state index is 12.7. The van der Waals surface area contributed by atoms with Crippen LogP contribution in [0.3, 0.4) is 0 Å². The molecule has 0 spiro atoms. The van der Waals surface area contributed by atoms with E-state index in [9.17, 15) is 9.59 Å². The number of fused-ring (bicyclic) bond motifs is 1. The Bertz CT molecular complexity index is 1060. The van der Waals surface area contributed by atoms with Crippen LogP contribution in [0.25, 0.3) is 0 Å². The molecule has 0 radical (unpaired) electrons. The second kappa shape index (κ2) is 7.50. The number of nitrogens with one attached hydrogen (secondary N) is 2. The second-order valence-corrected chi connectivity index (χ2v) is 6.18. The number of rotatable bonds is 4. The summed E-state index contributed by atoms with van der Waals surface area (Å²) < 4.78 is 5.23. The Balaban J connectivity index is 1.71. The fraction of sp³-hybridized carbons (Fsp3) is 0.0952. The van der Waals surface area contributed by atoms with Crippen molar-refractivity contribution in [3.63, 3.8) is 0 Å². The molecule has 1 aliphatic rings. The number of furan rings is 1. The molecular formula is C21H17N3O4. The number of anilines is 1. The number of benzene rings is 2. The summed E-state index contributed by atoms with van der Waals surface area (Å²) in [6, 6.07) is 19.7. The third-order valence-corrected chi connectivity index (χ3v) is 4.30. The number of carbonyl (C=O) groups is 2. The molecule has 0 fully saturated rings. The summed E-state index contributed by atoms with van der Waals surface area (Å²) >= 11 is 0. The van der Waals surface area contributed by atoms with E-state index in [0.717, 1.165) is 11.1 Å². The van der Waals surface area contributed by atoms with Gasteiger partial charge in [-0.05, 0) is 18.2 Å². The summed E-state index contributed by atoms with van der Waals surface area (Å²) in [7, 11) is 0. The number of carbonyl (C=O) groups excluding carboxylic acids is 2. The molecular weight excluding hydrogens is 358 g/mol. The zero-order chi connectivity index (χ0) is 19.5. The highest BCUT2D eigenvalue weighted by atomic mass is 16.4. The van der Waals surface area contributed by atoms with Crippen LogP contribution in [-0.4, -0.2) is 28.8 Å². The van der Waals surface area contributed by atoms with Crippen LogP contribution in [0.5, 0.6) is 0 Å². The lowest BCUT2D eigenvalue weighted by Crippen LogP contribution is -2.42. The van der Waals surface area contributed by atoms with Gasteiger partial charge >= 0.3 is 0 Å². The lowest BCUT2D eigenvalue weighted by molar-refractivity contribution is -0.117. The summed E-state index contributed by atoms with van der Waals surface area (Å²) in [5.74, 6) is -0.797. The normalized spacial score (nSPS) is 15.8. The first kappa shape index (κ1) is 17.7. The van der Waals surface area contributed by atoms with Crippen LogP contribution in [0.1, 0.15) is 27.4 Å². The van der Waals surface area contributed by atoms with Gasteiger partial charge in [-0.3, -0.25) is 9.59 Å². The average Bonchev–Trinajstić information content (AvgIpc) is 3.16. The van der Waals surface area contributed by atoms with Gasteiger partial charge in [0.15, 0.2) is 5.76 Å². The van der Waals surface area contributed by atoms with Gasteiger partial charge in [0.2, 0.25) is 6.17 Å². The SMILES string of the molecule is O=C(N[C@H]1N=C(c2ccccc2)c2ccccc2NC1=O)c1ccc(CO)o1. The van der Waals surface area contributed by atoms with Gasteiger partial charge in [0.25, 0.3) is 11.8 Å². The maximum atomic E-state index is 12.7. The summed E-state index contributed by atoms with van der Waals surface area (Å²) in [6.07, 6.45) is -1.14. The Morgan fingerprint density at radius 2 is 1.82 bits per heavy atom. The van der Waals surface area contributed by atoms with Gasteiger partial charge < -0.3 is 20.2 Å². The van der Waals surface area contributed by atoms with Crippen LogP contribution in [-0.2, 0) is 11.4 Å².